The summed E-state index contributed by atoms with van der Waals surface area (Å²) < 4.78 is 16.7. The molecule has 0 spiro atoms. The fourth-order valence-electron chi connectivity index (χ4n) is 5.18. The Morgan fingerprint density at radius 1 is 1.05 bits per heavy atom. The van der Waals surface area contributed by atoms with E-state index in [1.165, 1.54) is 12.7 Å². The van der Waals surface area contributed by atoms with Gasteiger partial charge in [-0.3, -0.25) is 14.9 Å². The van der Waals surface area contributed by atoms with E-state index in [-0.39, 0.29) is 36.6 Å². The van der Waals surface area contributed by atoms with Crippen molar-refractivity contribution in [3.8, 4) is 5.75 Å². The van der Waals surface area contributed by atoms with Crippen LogP contribution in [-0.4, -0.2) is 49.3 Å². The molecule has 204 valence electrons. The Kier molecular flexibility index (Phi) is 9.96. The number of methoxy groups -OCH3 is 1. The van der Waals surface area contributed by atoms with Crippen LogP contribution in [0.2, 0.25) is 0 Å². The number of ether oxygens (including phenoxy) is 3. The molecular weight excluding hydrogens is 480 g/mol. The topological polar surface area (TPSA) is 77.1 Å². The monoisotopic (exact) mass is 520 g/mol. The number of amides is 1. The summed E-state index contributed by atoms with van der Waals surface area (Å²) in [6.45, 7) is 5.73. The van der Waals surface area contributed by atoms with Crippen molar-refractivity contribution < 1.29 is 23.8 Å². The number of hydrogen-bond donors (Lipinski definition) is 1. The largest absolute Gasteiger partial charge is 0.489 e. The first-order valence-corrected chi connectivity index (χ1v) is 13.7. The summed E-state index contributed by atoms with van der Waals surface area (Å²) in [4.78, 5) is 27.7. The smallest absolute Gasteiger partial charge is 0.307 e. The van der Waals surface area contributed by atoms with Gasteiger partial charge < -0.3 is 19.1 Å². The molecule has 2 aliphatic rings. The highest BCUT2D eigenvalue weighted by Crippen LogP contribution is 2.37. The van der Waals surface area contributed by atoms with Crippen LogP contribution in [0.25, 0.3) is 0 Å². The molecule has 0 fully saturated rings. The van der Waals surface area contributed by atoms with Gasteiger partial charge in [-0.2, -0.15) is 0 Å². The lowest BCUT2D eigenvalue weighted by atomic mass is 9.92. The van der Waals surface area contributed by atoms with Gasteiger partial charge in [0.15, 0.2) is 0 Å². The minimum atomic E-state index is -0.313. The summed E-state index contributed by atoms with van der Waals surface area (Å²) in [5, 5.41) is 3.67. The van der Waals surface area contributed by atoms with Crippen LogP contribution in [0.4, 0.5) is 0 Å². The number of carbonyl (C=O) groups excluding carboxylic acids is 2. The average molecular weight is 521 g/mol. The Balaban J connectivity index is 1.50. The van der Waals surface area contributed by atoms with Gasteiger partial charge in [-0.15, -0.1) is 0 Å². The Labute approximate surface area is 226 Å². The molecule has 0 radical (unpaired) electrons. The first-order valence-electron chi connectivity index (χ1n) is 13.7. The Morgan fingerprint density at radius 2 is 1.79 bits per heavy atom. The van der Waals surface area contributed by atoms with Crippen molar-refractivity contribution in [3.63, 3.8) is 0 Å². The predicted octanol–water partition coefficient (Wildman–Crippen LogP) is 5.31. The number of benzene rings is 2. The van der Waals surface area contributed by atoms with E-state index in [2.05, 4.69) is 5.32 Å². The van der Waals surface area contributed by atoms with Gasteiger partial charge in [0.2, 0.25) is 0 Å². The Hall–Kier alpha value is -3.16. The molecular formula is C31H40N2O5. The lowest BCUT2D eigenvalue weighted by Gasteiger charge is -2.32. The van der Waals surface area contributed by atoms with E-state index in [0.717, 1.165) is 54.6 Å². The molecule has 0 unspecified atom stereocenters. The van der Waals surface area contributed by atoms with E-state index in [1.54, 1.807) is 0 Å². The van der Waals surface area contributed by atoms with E-state index in [0.29, 0.717) is 19.8 Å². The van der Waals surface area contributed by atoms with Crippen molar-refractivity contribution in [1.82, 2.24) is 10.2 Å². The van der Waals surface area contributed by atoms with Crippen molar-refractivity contribution in [2.75, 3.05) is 20.3 Å². The maximum absolute atomic E-state index is 13.4. The normalized spacial score (nSPS) is 18.1. The molecule has 7 nitrogen and oxygen atoms in total. The lowest BCUT2D eigenvalue weighted by Crippen LogP contribution is -2.47. The number of rotatable bonds is 13. The molecule has 0 saturated carbocycles. The van der Waals surface area contributed by atoms with Gasteiger partial charge >= 0.3 is 5.97 Å². The predicted molar refractivity (Wildman–Crippen MR) is 146 cm³/mol. The quantitative estimate of drug-likeness (QED) is 0.285. The number of nitrogens with zero attached hydrogens (tertiary/aromatic N) is 1. The van der Waals surface area contributed by atoms with E-state index >= 15 is 0 Å². The third-order valence-corrected chi connectivity index (χ3v) is 7.15. The molecule has 1 aliphatic heterocycles. The van der Waals surface area contributed by atoms with Gasteiger partial charge in [0.05, 0.1) is 19.6 Å². The van der Waals surface area contributed by atoms with Crippen LogP contribution < -0.4 is 10.1 Å². The standard InChI is InChI=1S/C31H40N2O5/c1-22(2)37-19-9-18-33-30(26-12-7-8-13-27(26)31(33)35)32-28(20-29(34)36-3)24-14-16-25(17-15-24)38-21-23-10-5-4-6-11-23/h4-6,10-11,14-17,22,28,30,32H,7-9,12-13,18-21H2,1-3H3/t28-,30-/m0/s1. The molecule has 0 aromatic heterocycles. The van der Waals surface area contributed by atoms with Crippen LogP contribution in [0.3, 0.4) is 0 Å². The zero-order valence-corrected chi connectivity index (χ0v) is 22.8. The van der Waals surface area contributed by atoms with Gasteiger partial charge in [0.1, 0.15) is 18.5 Å². The molecule has 1 heterocycles. The lowest BCUT2D eigenvalue weighted by molar-refractivity contribution is -0.141. The molecule has 0 bridgehead atoms. The van der Waals surface area contributed by atoms with E-state index in [1.807, 2.05) is 73.3 Å². The summed E-state index contributed by atoms with van der Waals surface area (Å²) in [5.74, 6) is 0.573. The molecule has 1 aliphatic carbocycles. The third-order valence-electron chi connectivity index (χ3n) is 7.15. The van der Waals surface area contributed by atoms with Gasteiger partial charge in [-0.05, 0) is 74.8 Å². The van der Waals surface area contributed by atoms with Crippen molar-refractivity contribution in [3.05, 3.63) is 76.9 Å². The van der Waals surface area contributed by atoms with Crippen LogP contribution >= 0.6 is 0 Å². The van der Waals surface area contributed by atoms with Crippen LogP contribution in [0, 0.1) is 0 Å². The molecule has 2 aromatic rings. The van der Waals surface area contributed by atoms with Crippen LogP contribution in [0.15, 0.2) is 65.7 Å². The molecule has 0 saturated heterocycles. The molecule has 7 heteroatoms. The fraction of sp³-hybridized carbons (Fsp3) is 0.484. The van der Waals surface area contributed by atoms with Crippen LogP contribution in [0.5, 0.6) is 5.75 Å². The Bertz CT molecular complexity index is 1100. The number of carbonyl (C=O) groups is 2. The van der Waals surface area contributed by atoms with Gasteiger partial charge in [0, 0.05) is 24.8 Å². The molecule has 1 N–H and O–H groups in total. The zero-order chi connectivity index (χ0) is 26.9. The van der Waals surface area contributed by atoms with Crippen molar-refractivity contribution >= 4 is 11.9 Å². The van der Waals surface area contributed by atoms with Crippen LogP contribution in [-0.2, 0) is 25.7 Å². The second-order valence-electron chi connectivity index (χ2n) is 10.2. The number of hydrogen-bond acceptors (Lipinski definition) is 6. The second-order valence-corrected chi connectivity index (χ2v) is 10.2. The maximum atomic E-state index is 13.4. The average Bonchev–Trinajstić information content (AvgIpc) is 3.20. The summed E-state index contributed by atoms with van der Waals surface area (Å²) in [6, 6.07) is 17.5. The molecule has 1 amide bonds. The fourth-order valence-corrected chi connectivity index (χ4v) is 5.18. The summed E-state index contributed by atoms with van der Waals surface area (Å²) >= 11 is 0. The zero-order valence-electron chi connectivity index (χ0n) is 22.8. The highest BCUT2D eigenvalue weighted by Gasteiger charge is 2.40. The first kappa shape index (κ1) is 27.9. The van der Waals surface area contributed by atoms with E-state index in [4.69, 9.17) is 14.2 Å². The summed E-state index contributed by atoms with van der Waals surface area (Å²) in [6.07, 6.45) is 4.68. The summed E-state index contributed by atoms with van der Waals surface area (Å²) in [7, 11) is 1.40. The van der Waals surface area contributed by atoms with Gasteiger partial charge in [0.25, 0.3) is 5.91 Å². The third kappa shape index (κ3) is 7.23. The highest BCUT2D eigenvalue weighted by atomic mass is 16.5. The minimum Gasteiger partial charge on any atom is -0.489 e. The minimum absolute atomic E-state index is 0.114. The molecule has 2 atom stereocenters. The van der Waals surface area contributed by atoms with Crippen molar-refractivity contribution in [2.45, 2.75) is 77.3 Å². The number of nitrogens with one attached hydrogen (secondary N) is 1. The van der Waals surface area contributed by atoms with Crippen molar-refractivity contribution in [2.24, 2.45) is 0 Å². The van der Waals surface area contributed by atoms with E-state index in [9.17, 15) is 9.59 Å². The summed E-state index contributed by atoms with van der Waals surface area (Å²) in [5.41, 5.74) is 4.16. The van der Waals surface area contributed by atoms with E-state index < -0.39 is 0 Å². The van der Waals surface area contributed by atoms with Crippen molar-refractivity contribution in [1.29, 1.82) is 0 Å². The maximum Gasteiger partial charge on any atom is 0.307 e. The molecule has 2 aromatic carbocycles. The first-order chi connectivity index (χ1) is 18.5. The van der Waals surface area contributed by atoms with Gasteiger partial charge in [-0.25, -0.2) is 0 Å². The molecule has 38 heavy (non-hydrogen) atoms. The second kappa shape index (κ2) is 13.6. The van der Waals surface area contributed by atoms with Crippen LogP contribution in [0.1, 0.15) is 69.5 Å². The Morgan fingerprint density at radius 3 is 2.50 bits per heavy atom. The van der Waals surface area contributed by atoms with Gasteiger partial charge in [-0.1, -0.05) is 42.5 Å². The SMILES string of the molecule is COC(=O)C[C@H](N[C@@H]1C2=C(CCCC2)C(=O)N1CCCOC(C)C)c1ccc(OCc2ccccc2)cc1. The number of esters is 1. The highest BCUT2D eigenvalue weighted by molar-refractivity contribution is 5.97. The molecule has 4 rings (SSSR count).